The van der Waals surface area contributed by atoms with Crippen LogP contribution in [-0.4, -0.2) is 28.8 Å². The Labute approximate surface area is 200 Å². The van der Waals surface area contributed by atoms with Crippen molar-refractivity contribution >= 4 is 40.0 Å². The van der Waals surface area contributed by atoms with Crippen LogP contribution in [0.3, 0.4) is 0 Å². The topological polar surface area (TPSA) is 81.2 Å². The molecular formula is C24H14ClF4N3O3. The lowest BCUT2D eigenvalue weighted by Crippen LogP contribution is -2.15. The summed E-state index contributed by atoms with van der Waals surface area (Å²) >= 11 is 5.65. The van der Waals surface area contributed by atoms with Crippen molar-refractivity contribution in [2.75, 3.05) is 12.4 Å². The van der Waals surface area contributed by atoms with E-state index >= 15 is 4.39 Å². The molecule has 0 saturated heterocycles. The highest BCUT2D eigenvalue weighted by Crippen LogP contribution is 2.35. The zero-order valence-corrected chi connectivity index (χ0v) is 18.5. The Kier molecular flexibility index (Phi) is 6.40. The maximum absolute atomic E-state index is 15.2. The average molecular weight is 504 g/mol. The summed E-state index contributed by atoms with van der Waals surface area (Å²) in [5, 5.41) is 1.58. The third-order valence-corrected chi connectivity index (χ3v) is 5.33. The molecule has 0 aliphatic carbocycles. The lowest BCUT2D eigenvalue weighted by molar-refractivity contribution is -0.137. The number of alkyl halides is 3. The van der Waals surface area contributed by atoms with Gasteiger partial charge in [0.1, 0.15) is 0 Å². The van der Waals surface area contributed by atoms with Crippen LogP contribution in [0.1, 0.15) is 31.8 Å². The van der Waals surface area contributed by atoms with Crippen LogP contribution in [0.5, 0.6) is 5.88 Å². The highest BCUT2D eigenvalue weighted by atomic mass is 35.5. The molecule has 0 radical (unpaired) electrons. The first-order chi connectivity index (χ1) is 16.6. The minimum Gasteiger partial charge on any atom is -0.480 e. The summed E-state index contributed by atoms with van der Waals surface area (Å²) in [6.07, 6.45) is -3.27. The van der Waals surface area contributed by atoms with Gasteiger partial charge in [-0.1, -0.05) is 17.7 Å². The van der Waals surface area contributed by atoms with E-state index in [0.717, 1.165) is 12.1 Å². The second kappa shape index (κ2) is 9.30. The molecule has 35 heavy (non-hydrogen) atoms. The molecule has 0 aliphatic heterocycles. The number of rotatable bonds is 5. The first-order valence-corrected chi connectivity index (χ1v) is 10.3. The van der Waals surface area contributed by atoms with Gasteiger partial charge in [-0.2, -0.15) is 13.2 Å². The van der Waals surface area contributed by atoms with E-state index in [0.29, 0.717) is 17.1 Å². The molecule has 4 aromatic rings. The standard InChI is InChI=1S/C24H14ClF4N3O3/c1-35-20-11-30-17-8-6-12(10-19(17)31-20)22(33)14-3-2-4-18(21(14)26)32-23(34)13-5-7-15(16(25)9-13)24(27,28)29/h2-11H,1H3,(H,32,34). The van der Waals surface area contributed by atoms with Crippen molar-refractivity contribution in [1.29, 1.82) is 0 Å². The van der Waals surface area contributed by atoms with Crippen LogP contribution in [0.4, 0.5) is 23.2 Å². The predicted octanol–water partition coefficient (Wildman–Crippen LogP) is 5.93. The summed E-state index contributed by atoms with van der Waals surface area (Å²) in [7, 11) is 1.42. The highest BCUT2D eigenvalue weighted by Gasteiger charge is 2.33. The predicted molar refractivity (Wildman–Crippen MR) is 120 cm³/mol. The molecule has 178 valence electrons. The quantitative estimate of drug-likeness (QED) is 0.269. The first-order valence-electron chi connectivity index (χ1n) is 9.90. The fraction of sp³-hybridized carbons (Fsp3) is 0.0833. The van der Waals surface area contributed by atoms with Crippen LogP contribution in [-0.2, 0) is 6.18 Å². The smallest absolute Gasteiger partial charge is 0.417 e. The third-order valence-electron chi connectivity index (χ3n) is 5.02. The van der Waals surface area contributed by atoms with Crippen molar-refractivity contribution in [3.63, 3.8) is 0 Å². The summed E-state index contributed by atoms with van der Waals surface area (Å²) in [6, 6.07) is 10.7. The molecule has 1 heterocycles. The molecule has 0 unspecified atom stereocenters. The normalized spacial score (nSPS) is 11.4. The average Bonchev–Trinajstić information content (AvgIpc) is 2.83. The van der Waals surface area contributed by atoms with Crippen molar-refractivity contribution in [2.24, 2.45) is 0 Å². The SMILES string of the molecule is COc1cnc2ccc(C(=O)c3cccc(NC(=O)c4ccc(C(F)(F)F)c(Cl)c4)c3F)cc2n1. The zero-order valence-electron chi connectivity index (χ0n) is 17.8. The number of fused-ring (bicyclic) bond motifs is 1. The van der Waals surface area contributed by atoms with E-state index in [1.807, 2.05) is 0 Å². The lowest BCUT2D eigenvalue weighted by Gasteiger charge is -2.12. The Balaban J connectivity index is 1.61. The van der Waals surface area contributed by atoms with Crippen molar-refractivity contribution in [1.82, 2.24) is 9.97 Å². The summed E-state index contributed by atoms with van der Waals surface area (Å²) in [5.74, 6) is -2.36. The number of aromatic nitrogens is 2. The molecule has 0 atom stereocenters. The van der Waals surface area contributed by atoms with Gasteiger partial charge < -0.3 is 10.1 Å². The Morgan fingerprint density at radius 2 is 1.74 bits per heavy atom. The molecular weight excluding hydrogens is 490 g/mol. The van der Waals surface area contributed by atoms with Crippen molar-refractivity contribution < 1.29 is 31.9 Å². The summed E-state index contributed by atoms with van der Waals surface area (Å²) in [5.41, 5.74) is -1.01. The van der Waals surface area contributed by atoms with Crippen molar-refractivity contribution in [2.45, 2.75) is 6.18 Å². The number of amides is 1. The highest BCUT2D eigenvalue weighted by molar-refractivity contribution is 6.32. The van der Waals surface area contributed by atoms with Gasteiger partial charge in [0.25, 0.3) is 5.91 Å². The van der Waals surface area contributed by atoms with Crippen LogP contribution in [0.15, 0.2) is 60.8 Å². The Morgan fingerprint density at radius 3 is 2.43 bits per heavy atom. The summed E-state index contributed by atoms with van der Waals surface area (Å²) in [4.78, 5) is 33.9. The molecule has 1 amide bonds. The van der Waals surface area contributed by atoms with Gasteiger partial charge in [-0.05, 0) is 48.5 Å². The Hall–Kier alpha value is -4.05. The van der Waals surface area contributed by atoms with E-state index in [1.54, 1.807) is 6.07 Å². The Bertz CT molecular complexity index is 1470. The lowest BCUT2D eigenvalue weighted by atomic mass is 10.0. The molecule has 0 fully saturated rings. The largest absolute Gasteiger partial charge is 0.480 e. The number of hydrogen-bond acceptors (Lipinski definition) is 5. The number of ether oxygens (including phenoxy) is 1. The van der Waals surface area contributed by atoms with E-state index in [1.165, 1.54) is 43.6 Å². The first kappa shape index (κ1) is 24.1. The molecule has 0 aliphatic rings. The van der Waals surface area contributed by atoms with Gasteiger partial charge in [0.15, 0.2) is 11.6 Å². The van der Waals surface area contributed by atoms with Crippen LogP contribution in [0.2, 0.25) is 5.02 Å². The van der Waals surface area contributed by atoms with Crippen LogP contribution < -0.4 is 10.1 Å². The number of ketones is 1. The van der Waals surface area contributed by atoms with Gasteiger partial charge in [-0.3, -0.25) is 9.59 Å². The number of nitrogens with one attached hydrogen (secondary N) is 1. The van der Waals surface area contributed by atoms with E-state index in [4.69, 9.17) is 16.3 Å². The maximum Gasteiger partial charge on any atom is 0.417 e. The number of methoxy groups -OCH3 is 1. The van der Waals surface area contributed by atoms with Crippen molar-refractivity contribution in [3.05, 3.63) is 93.9 Å². The van der Waals surface area contributed by atoms with Gasteiger partial charge in [-0.25, -0.2) is 14.4 Å². The van der Waals surface area contributed by atoms with E-state index in [9.17, 15) is 22.8 Å². The molecule has 1 N–H and O–H groups in total. The number of benzene rings is 3. The Morgan fingerprint density at radius 1 is 1.00 bits per heavy atom. The third kappa shape index (κ3) is 4.92. The van der Waals surface area contributed by atoms with Gasteiger partial charge in [-0.15, -0.1) is 0 Å². The number of hydrogen-bond donors (Lipinski definition) is 1. The fourth-order valence-electron chi connectivity index (χ4n) is 3.27. The molecule has 3 aromatic carbocycles. The molecule has 0 spiro atoms. The number of carbonyl (C=O) groups excluding carboxylic acids is 2. The van der Waals surface area contributed by atoms with E-state index < -0.39 is 34.3 Å². The number of carbonyl (C=O) groups is 2. The summed E-state index contributed by atoms with van der Waals surface area (Å²) < 4.78 is 58.8. The van der Waals surface area contributed by atoms with Crippen molar-refractivity contribution in [3.8, 4) is 5.88 Å². The van der Waals surface area contributed by atoms with Crippen LogP contribution >= 0.6 is 11.6 Å². The molecule has 0 bridgehead atoms. The summed E-state index contributed by atoms with van der Waals surface area (Å²) in [6.45, 7) is 0. The molecule has 6 nitrogen and oxygen atoms in total. The van der Waals surface area contributed by atoms with Crippen LogP contribution in [0.25, 0.3) is 11.0 Å². The minimum atomic E-state index is -4.69. The number of anilines is 1. The maximum atomic E-state index is 15.2. The van der Waals surface area contributed by atoms with E-state index in [2.05, 4.69) is 15.3 Å². The van der Waals surface area contributed by atoms with Gasteiger partial charge in [0.2, 0.25) is 5.88 Å². The van der Waals surface area contributed by atoms with Gasteiger partial charge in [0, 0.05) is 11.1 Å². The molecule has 1 aromatic heterocycles. The van der Waals surface area contributed by atoms with Gasteiger partial charge in [0.05, 0.1) is 46.2 Å². The molecule has 11 heteroatoms. The monoisotopic (exact) mass is 503 g/mol. The fourth-order valence-corrected chi connectivity index (χ4v) is 3.56. The number of halogens is 5. The van der Waals surface area contributed by atoms with Gasteiger partial charge >= 0.3 is 6.18 Å². The molecule has 4 rings (SSSR count). The second-order valence-corrected chi connectivity index (χ2v) is 7.67. The number of nitrogens with zero attached hydrogens (tertiary/aromatic N) is 2. The second-order valence-electron chi connectivity index (χ2n) is 7.26. The van der Waals surface area contributed by atoms with E-state index in [-0.39, 0.29) is 28.3 Å². The molecule has 0 saturated carbocycles. The van der Waals surface area contributed by atoms with Crippen LogP contribution in [0, 0.1) is 5.82 Å². The minimum absolute atomic E-state index is 0.122. The zero-order chi connectivity index (χ0) is 25.3.